The molecule has 1 heterocycles. The van der Waals surface area contributed by atoms with Crippen LogP contribution in [0.25, 0.3) is 11.4 Å². The fraction of sp³-hybridized carbons (Fsp3) is 0.125. The lowest BCUT2D eigenvalue weighted by Gasteiger charge is -2.05. The lowest BCUT2D eigenvalue weighted by atomic mass is 10.1. The van der Waals surface area contributed by atoms with Gasteiger partial charge in [0, 0.05) is 10.6 Å². The second-order valence-electron chi connectivity index (χ2n) is 4.69. The summed E-state index contributed by atoms with van der Waals surface area (Å²) < 4.78 is 10.8. The van der Waals surface area contributed by atoms with Crippen molar-refractivity contribution in [2.24, 2.45) is 0 Å². The highest BCUT2D eigenvalue weighted by Crippen LogP contribution is 2.28. The van der Waals surface area contributed by atoms with Crippen molar-refractivity contribution in [2.45, 2.75) is 13.5 Å². The zero-order chi connectivity index (χ0) is 15.5. The van der Waals surface area contributed by atoms with Crippen molar-refractivity contribution in [2.75, 3.05) is 0 Å². The molecule has 0 fully saturated rings. The van der Waals surface area contributed by atoms with Gasteiger partial charge in [-0.15, -0.1) is 0 Å². The number of halogens is 2. The van der Waals surface area contributed by atoms with Gasteiger partial charge in [-0.1, -0.05) is 52.6 Å². The van der Waals surface area contributed by atoms with Crippen molar-refractivity contribution in [3.8, 4) is 17.1 Å². The van der Waals surface area contributed by atoms with E-state index in [1.165, 1.54) is 0 Å². The molecule has 4 nitrogen and oxygen atoms in total. The van der Waals surface area contributed by atoms with Gasteiger partial charge >= 0.3 is 0 Å². The maximum Gasteiger partial charge on any atom is 0.264 e. The Labute approximate surface area is 137 Å². The molecule has 6 heteroatoms. The Morgan fingerprint density at radius 1 is 1.14 bits per heavy atom. The van der Waals surface area contributed by atoms with Gasteiger partial charge < -0.3 is 9.26 Å². The van der Waals surface area contributed by atoms with Crippen LogP contribution in [-0.4, -0.2) is 10.1 Å². The fourth-order valence-electron chi connectivity index (χ4n) is 1.98. The number of hydrogen-bond acceptors (Lipinski definition) is 4. The fourth-order valence-corrected chi connectivity index (χ4v) is 2.44. The first kappa shape index (κ1) is 14.9. The highest BCUT2D eigenvalue weighted by molar-refractivity contribution is 6.35. The molecule has 0 spiro atoms. The number of hydrogen-bond donors (Lipinski definition) is 0. The molecule has 0 saturated carbocycles. The first-order chi connectivity index (χ1) is 10.6. The number of rotatable bonds is 4. The summed E-state index contributed by atoms with van der Waals surface area (Å²) in [6, 6.07) is 12.9. The molecule has 112 valence electrons. The number of aryl methyl sites for hydroxylation is 1. The number of ether oxygens (including phenoxy) is 1. The predicted octanol–water partition coefficient (Wildman–Crippen LogP) is 4.93. The lowest BCUT2D eigenvalue weighted by molar-refractivity contribution is 0.243. The third-order valence-corrected chi connectivity index (χ3v) is 3.63. The van der Waals surface area contributed by atoms with Crippen LogP contribution in [-0.2, 0) is 6.61 Å². The number of aromatic nitrogens is 2. The molecule has 0 aliphatic carbocycles. The minimum atomic E-state index is 0.139. The van der Waals surface area contributed by atoms with Crippen molar-refractivity contribution < 1.29 is 9.26 Å². The quantitative estimate of drug-likeness (QED) is 0.678. The molecule has 0 amide bonds. The van der Waals surface area contributed by atoms with Crippen LogP contribution in [0.5, 0.6) is 5.75 Å². The summed E-state index contributed by atoms with van der Waals surface area (Å²) in [6.07, 6.45) is 0. The molecular formula is C16H12Cl2N2O2. The van der Waals surface area contributed by atoms with Crippen LogP contribution in [0.3, 0.4) is 0 Å². The van der Waals surface area contributed by atoms with Crippen molar-refractivity contribution in [1.82, 2.24) is 10.1 Å². The Bertz CT molecular complexity index is 802. The van der Waals surface area contributed by atoms with Gasteiger partial charge in [-0.2, -0.15) is 4.98 Å². The topological polar surface area (TPSA) is 48.2 Å². The van der Waals surface area contributed by atoms with Gasteiger partial charge in [0.15, 0.2) is 6.61 Å². The molecule has 0 unspecified atom stereocenters. The van der Waals surface area contributed by atoms with Gasteiger partial charge in [-0.3, -0.25) is 0 Å². The Balaban J connectivity index is 1.74. The van der Waals surface area contributed by atoms with Crippen LogP contribution >= 0.6 is 23.2 Å². The SMILES string of the molecule is Cc1ccccc1-c1noc(COc2ccc(Cl)cc2Cl)n1. The Morgan fingerprint density at radius 3 is 2.73 bits per heavy atom. The van der Waals surface area contributed by atoms with E-state index < -0.39 is 0 Å². The van der Waals surface area contributed by atoms with Crippen molar-refractivity contribution >= 4 is 23.2 Å². The summed E-state index contributed by atoms with van der Waals surface area (Å²) in [6.45, 7) is 2.13. The van der Waals surface area contributed by atoms with Gasteiger partial charge in [-0.05, 0) is 30.7 Å². The molecule has 1 aromatic heterocycles. The molecule has 3 rings (SSSR count). The predicted molar refractivity (Wildman–Crippen MR) is 85.3 cm³/mol. The second-order valence-corrected chi connectivity index (χ2v) is 5.53. The summed E-state index contributed by atoms with van der Waals surface area (Å²) in [4.78, 5) is 4.33. The zero-order valence-corrected chi connectivity index (χ0v) is 13.2. The van der Waals surface area contributed by atoms with Crippen molar-refractivity contribution in [3.05, 3.63) is 64.0 Å². The van der Waals surface area contributed by atoms with Crippen LogP contribution in [0.2, 0.25) is 10.0 Å². The summed E-state index contributed by atoms with van der Waals surface area (Å²) in [5.41, 5.74) is 2.01. The number of nitrogens with zero attached hydrogens (tertiary/aromatic N) is 2. The van der Waals surface area contributed by atoms with E-state index in [0.717, 1.165) is 11.1 Å². The third-order valence-electron chi connectivity index (χ3n) is 3.10. The van der Waals surface area contributed by atoms with E-state index in [2.05, 4.69) is 10.1 Å². The summed E-state index contributed by atoms with van der Waals surface area (Å²) in [5, 5.41) is 4.96. The van der Waals surface area contributed by atoms with Crippen LogP contribution in [0.1, 0.15) is 11.5 Å². The van der Waals surface area contributed by atoms with Crippen molar-refractivity contribution in [1.29, 1.82) is 0 Å². The molecule has 0 atom stereocenters. The van der Waals surface area contributed by atoms with E-state index in [9.17, 15) is 0 Å². The van der Waals surface area contributed by atoms with Crippen LogP contribution < -0.4 is 4.74 Å². The first-order valence-corrected chi connectivity index (χ1v) is 7.35. The van der Waals surface area contributed by atoms with Gasteiger partial charge in [0.1, 0.15) is 5.75 Å². The normalized spacial score (nSPS) is 10.7. The van der Waals surface area contributed by atoms with Crippen molar-refractivity contribution in [3.63, 3.8) is 0 Å². The molecule has 3 aromatic rings. The average molecular weight is 335 g/mol. The highest BCUT2D eigenvalue weighted by atomic mass is 35.5. The lowest BCUT2D eigenvalue weighted by Crippen LogP contribution is -1.96. The van der Waals surface area contributed by atoms with E-state index in [4.69, 9.17) is 32.5 Å². The Hall–Kier alpha value is -2.04. The van der Waals surface area contributed by atoms with Gasteiger partial charge in [-0.25, -0.2) is 0 Å². The molecule has 0 aliphatic rings. The largest absolute Gasteiger partial charge is 0.482 e. The molecule has 0 aliphatic heterocycles. The number of benzene rings is 2. The maximum atomic E-state index is 6.04. The van der Waals surface area contributed by atoms with Crippen LogP contribution in [0.4, 0.5) is 0 Å². The molecule has 0 bridgehead atoms. The molecule has 0 saturated heterocycles. The first-order valence-electron chi connectivity index (χ1n) is 6.60. The molecule has 0 N–H and O–H groups in total. The van der Waals surface area contributed by atoms with Gasteiger partial charge in [0.2, 0.25) is 5.82 Å². The summed E-state index contributed by atoms with van der Waals surface area (Å²) in [5.74, 6) is 1.44. The van der Waals surface area contributed by atoms with E-state index in [-0.39, 0.29) is 6.61 Å². The van der Waals surface area contributed by atoms with Crippen LogP contribution in [0, 0.1) is 6.92 Å². The van der Waals surface area contributed by atoms with Crippen LogP contribution in [0.15, 0.2) is 47.0 Å². The van der Waals surface area contributed by atoms with E-state index in [0.29, 0.717) is 27.5 Å². The Kier molecular flexibility index (Phi) is 4.32. The molecule has 2 aromatic carbocycles. The smallest absolute Gasteiger partial charge is 0.264 e. The van der Waals surface area contributed by atoms with E-state index >= 15 is 0 Å². The third kappa shape index (κ3) is 3.24. The minimum Gasteiger partial charge on any atom is -0.482 e. The summed E-state index contributed by atoms with van der Waals surface area (Å²) in [7, 11) is 0. The average Bonchev–Trinajstić information content (AvgIpc) is 2.95. The standard InChI is InChI=1S/C16H12Cl2N2O2/c1-10-4-2-3-5-12(10)16-19-15(22-20-16)9-21-14-7-6-11(17)8-13(14)18/h2-8H,9H2,1H3. The highest BCUT2D eigenvalue weighted by Gasteiger charge is 2.11. The monoisotopic (exact) mass is 334 g/mol. The van der Waals surface area contributed by atoms with Gasteiger partial charge in [0.25, 0.3) is 5.89 Å². The zero-order valence-electron chi connectivity index (χ0n) is 11.7. The molecular weight excluding hydrogens is 323 g/mol. The van der Waals surface area contributed by atoms with Gasteiger partial charge in [0.05, 0.1) is 5.02 Å². The Morgan fingerprint density at radius 2 is 1.95 bits per heavy atom. The maximum absolute atomic E-state index is 6.04. The summed E-state index contributed by atoms with van der Waals surface area (Å²) >= 11 is 11.9. The van der Waals surface area contributed by atoms with E-state index in [1.807, 2.05) is 31.2 Å². The molecule has 0 radical (unpaired) electrons. The van der Waals surface area contributed by atoms with E-state index in [1.54, 1.807) is 18.2 Å². The molecule has 22 heavy (non-hydrogen) atoms. The minimum absolute atomic E-state index is 0.139. The second kappa shape index (κ2) is 6.38.